The summed E-state index contributed by atoms with van der Waals surface area (Å²) >= 11 is 0. The third-order valence-corrected chi connectivity index (χ3v) is 3.58. The number of amides is 2. The molecule has 1 aromatic rings. The minimum Gasteiger partial charge on any atom is -0.467 e. The van der Waals surface area contributed by atoms with Crippen LogP contribution < -0.4 is 10.6 Å². The lowest BCUT2D eigenvalue weighted by molar-refractivity contribution is -0.143. The lowest BCUT2D eigenvalue weighted by Crippen LogP contribution is -2.49. The van der Waals surface area contributed by atoms with E-state index in [-0.39, 0.29) is 18.0 Å². The predicted molar refractivity (Wildman–Crippen MR) is 91.2 cm³/mol. The molecule has 1 aromatic carbocycles. The first-order valence-electron chi connectivity index (χ1n) is 8.11. The summed E-state index contributed by atoms with van der Waals surface area (Å²) in [6.07, 6.45) is 2.29. The molecule has 0 heterocycles. The first kappa shape index (κ1) is 19.0. The summed E-state index contributed by atoms with van der Waals surface area (Å²) in [5.41, 5.74) is 1.24. The van der Waals surface area contributed by atoms with Crippen LogP contribution in [-0.4, -0.2) is 31.2 Å². The Bertz CT molecular complexity index is 488. The molecular formula is C18H28N2O3. The molecule has 2 atom stereocenters. The maximum absolute atomic E-state index is 12.0. The molecular weight excluding hydrogens is 292 g/mol. The topological polar surface area (TPSA) is 67.4 Å². The summed E-state index contributed by atoms with van der Waals surface area (Å²) in [5.74, 6) is -0.124. The van der Waals surface area contributed by atoms with Gasteiger partial charge in [0.25, 0.3) is 0 Å². The molecule has 0 saturated carbocycles. The van der Waals surface area contributed by atoms with Gasteiger partial charge in [-0.1, -0.05) is 44.2 Å². The van der Waals surface area contributed by atoms with E-state index in [4.69, 9.17) is 4.74 Å². The van der Waals surface area contributed by atoms with E-state index in [1.54, 1.807) is 0 Å². The fourth-order valence-electron chi connectivity index (χ4n) is 2.35. The van der Waals surface area contributed by atoms with Crippen LogP contribution >= 0.6 is 0 Å². The Labute approximate surface area is 138 Å². The van der Waals surface area contributed by atoms with Gasteiger partial charge in [-0.15, -0.1) is 0 Å². The summed E-state index contributed by atoms with van der Waals surface area (Å²) < 4.78 is 4.74. The molecule has 0 fully saturated rings. The van der Waals surface area contributed by atoms with Gasteiger partial charge in [0, 0.05) is 6.04 Å². The van der Waals surface area contributed by atoms with Crippen LogP contribution in [0.15, 0.2) is 30.3 Å². The SMILES string of the molecule is COC(=O)C(CC(C)C)NC(=O)NC(C)CCc1ccccc1. The Hall–Kier alpha value is -2.04. The molecule has 2 amide bonds. The van der Waals surface area contributed by atoms with E-state index in [0.717, 1.165) is 12.8 Å². The van der Waals surface area contributed by atoms with Gasteiger partial charge < -0.3 is 15.4 Å². The van der Waals surface area contributed by atoms with Crippen molar-refractivity contribution in [3.05, 3.63) is 35.9 Å². The monoisotopic (exact) mass is 320 g/mol. The van der Waals surface area contributed by atoms with Crippen LogP contribution in [0.25, 0.3) is 0 Å². The van der Waals surface area contributed by atoms with Gasteiger partial charge in [0.2, 0.25) is 0 Å². The lowest BCUT2D eigenvalue weighted by atomic mass is 10.0. The maximum Gasteiger partial charge on any atom is 0.328 e. The molecule has 0 bridgehead atoms. The van der Waals surface area contributed by atoms with Gasteiger partial charge in [-0.25, -0.2) is 9.59 Å². The highest BCUT2D eigenvalue weighted by atomic mass is 16.5. The summed E-state index contributed by atoms with van der Waals surface area (Å²) in [4.78, 5) is 23.8. The Morgan fingerprint density at radius 2 is 1.74 bits per heavy atom. The largest absolute Gasteiger partial charge is 0.467 e. The first-order valence-corrected chi connectivity index (χ1v) is 8.11. The van der Waals surface area contributed by atoms with Crippen LogP contribution in [-0.2, 0) is 16.0 Å². The van der Waals surface area contributed by atoms with Crippen molar-refractivity contribution in [1.29, 1.82) is 0 Å². The average Bonchev–Trinajstić information content (AvgIpc) is 2.52. The van der Waals surface area contributed by atoms with Gasteiger partial charge in [-0.2, -0.15) is 0 Å². The Balaban J connectivity index is 2.42. The molecule has 5 heteroatoms. The van der Waals surface area contributed by atoms with Crippen molar-refractivity contribution in [3.8, 4) is 0 Å². The number of carbonyl (C=O) groups excluding carboxylic acids is 2. The van der Waals surface area contributed by atoms with Crippen LogP contribution in [0, 0.1) is 5.92 Å². The molecule has 5 nitrogen and oxygen atoms in total. The summed E-state index contributed by atoms with van der Waals surface area (Å²) in [5, 5.41) is 5.58. The van der Waals surface area contributed by atoms with E-state index < -0.39 is 12.0 Å². The average molecular weight is 320 g/mol. The summed E-state index contributed by atoms with van der Waals surface area (Å²) in [6.45, 7) is 5.95. The zero-order chi connectivity index (χ0) is 17.2. The number of benzene rings is 1. The number of urea groups is 1. The van der Waals surface area contributed by atoms with E-state index in [2.05, 4.69) is 22.8 Å². The molecule has 0 aromatic heterocycles. The van der Waals surface area contributed by atoms with E-state index in [0.29, 0.717) is 6.42 Å². The predicted octanol–water partition coefficient (Wildman–Crippen LogP) is 2.89. The van der Waals surface area contributed by atoms with Crippen molar-refractivity contribution < 1.29 is 14.3 Å². The quantitative estimate of drug-likeness (QED) is 0.724. The van der Waals surface area contributed by atoms with Gasteiger partial charge in [-0.3, -0.25) is 0 Å². The molecule has 1 rings (SSSR count). The fraction of sp³-hybridized carbons (Fsp3) is 0.556. The van der Waals surface area contributed by atoms with Gasteiger partial charge in [-0.05, 0) is 37.7 Å². The molecule has 0 radical (unpaired) electrons. The smallest absolute Gasteiger partial charge is 0.328 e. The molecule has 0 aliphatic rings. The molecule has 2 N–H and O–H groups in total. The highest BCUT2D eigenvalue weighted by molar-refractivity contribution is 5.83. The first-order chi connectivity index (χ1) is 10.9. The molecule has 128 valence electrons. The van der Waals surface area contributed by atoms with Gasteiger partial charge in [0.05, 0.1) is 7.11 Å². The number of ether oxygens (including phenoxy) is 1. The number of hydrogen-bond acceptors (Lipinski definition) is 3. The van der Waals surface area contributed by atoms with Crippen LogP contribution in [0.3, 0.4) is 0 Å². The second kappa shape index (κ2) is 9.87. The number of esters is 1. The van der Waals surface area contributed by atoms with Crippen LogP contribution in [0.1, 0.15) is 39.2 Å². The van der Waals surface area contributed by atoms with Crippen molar-refractivity contribution in [2.45, 2.75) is 52.1 Å². The van der Waals surface area contributed by atoms with E-state index in [1.165, 1.54) is 12.7 Å². The molecule has 2 unspecified atom stereocenters. The van der Waals surface area contributed by atoms with Crippen LogP contribution in [0.2, 0.25) is 0 Å². The zero-order valence-electron chi connectivity index (χ0n) is 14.5. The van der Waals surface area contributed by atoms with Crippen molar-refractivity contribution in [2.24, 2.45) is 5.92 Å². The van der Waals surface area contributed by atoms with Crippen molar-refractivity contribution in [2.75, 3.05) is 7.11 Å². The number of nitrogens with one attached hydrogen (secondary N) is 2. The zero-order valence-corrected chi connectivity index (χ0v) is 14.5. The molecule has 0 spiro atoms. The van der Waals surface area contributed by atoms with Crippen molar-refractivity contribution >= 4 is 12.0 Å². The van der Waals surface area contributed by atoms with Crippen LogP contribution in [0.5, 0.6) is 0 Å². The molecule has 0 aliphatic heterocycles. The number of aryl methyl sites for hydroxylation is 1. The van der Waals surface area contributed by atoms with Gasteiger partial charge >= 0.3 is 12.0 Å². The second-order valence-electron chi connectivity index (χ2n) is 6.25. The van der Waals surface area contributed by atoms with E-state index >= 15 is 0 Å². The maximum atomic E-state index is 12.0. The summed E-state index contributed by atoms with van der Waals surface area (Å²) in [7, 11) is 1.33. The standard InChI is InChI=1S/C18H28N2O3/c1-13(2)12-16(17(21)23-4)20-18(22)19-14(3)10-11-15-8-6-5-7-9-15/h5-9,13-14,16H,10-12H2,1-4H3,(H2,19,20,22). The third-order valence-electron chi connectivity index (χ3n) is 3.58. The normalized spacial score (nSPS) is 13.3. The van der Waals surface area contributed by atoms with Crippen molar-refractivity contribution in [1.82, 2.24) is 10.6 Å². The molecule has 0 saturated heterocycles. The highest BCUT2D eigenvalue weighted by Gasteiger charge is 2.22. The number of rotatable bonds is 8. The van der Waals surface area contributed by atoms with E-state index in [1.807, 2.05) is 39.0 Å². The number of carbonyl (C=O) groups is 2. The Morgan fingerprint density at radius 1 is 1.09 bits per heavy atom. The molecule has 23 heavy (non-hydrogen) atoms. The van der Waals surface area contributed by atoms with Gasteiger partial charge in [0.1, 0.15) is 6.04 Å². The minimum absolute atomic E-state index is 0.0209. The summed E-state index contributed by atoms with van der Waals surface area (Å²) in [6, 6.07) is 9.22. The lowest BCUT2D eigenvalue weighted by Gasteiger charge is -2.20. The molecule has 0 aliphatic carbocycles. The third kappa shape index (κ3) is 7.68. The number of hydrogen-bond donors (Lipinski definition) is 2. The van der Waals surface area contributed by atoms with Gasteiger partial charge in [0.15, 0.2) is 0 Å². The second-order valence-corrected chi connectivity index (χ2v) is 6.25. The minimum atomic E-state index is -0.610. The number of methoxy groups -OCH3 is 1. The fourth-order valence-corrected chi connectivity index (χ4v) is 2.35. The van der Waals surface area contributed by atoms with Crippen LogP contribution in [0.4, 0.5) is 4.79 Å². The van der Waals surface area contributed by atoms with Crippen molar-refractivity contribution in [3.63, 3.8) is 0 Å². The van der Waals surface area contributed by atoms with E-state index in [9.17, 15) is 9.59 Å². The Morgan fingerprint density at radius 3 is 2.30 bits per heavy atom. The Kier molecular flexibility index (Phi) is 8.16. The highest BCUT2D eigenvalue weighted by Crippen LogP contribution is 2.07.